The highest BCUT2D eigenvalue weighted by Crippen LogP contribution is 2.14. The molecule has 1 heterocycles. The third-order valence-electron chi connectivity index (χ3n) is 1.88. The molecule has 0 saturated heterocycles. The lowest BCUT2D eigenvalue weighted by Gasteiger charge is -1.97. The van der Waals surface area contributed by atoms with Crippen molar-refractivity contribution in [1.29, 1.82) is 0 Å². The van der Waals surface area contributed by atoms with Crippen molar-refractivity contribution in [2.45, 2.75) is 5.33 Å². The Labute approximate surface area is 83.3 Å². The van der Waals surface area contributed by atoms with Crippen molar-refractivity contribution < 1.29 is 4.42 Å². The van der Waals surface area contributed by atoms with E-state index >= 15 is 0 Å². The van der Waals surface area contributed by atoms with Gasteiger partial charge in [-0.3, -0.25) is 4.79 Å². The van der Waals surface area contributed by atoms with Gasteiger partial charge in [-0.25, -0.2) is 0 Å². The Morgan fingerprint density at radius 1 is 1.31 bits per heavy atom. The maximum Gasteiger partial charge on any atom is 0.192 e. The van der Waals surface area contributed by atoms with Gasteiger partial charge in [0.1, 0.15) is 5.58 Å². The molecular weight excluding hydrogens is 232 g/mol. The highest BCUT2D eigenvalue weighted by Gasteiger charge is 1.99. The van der Waals surface area contributed by atoms with E-state index in [1.807, 2.05) is 12.1 Å². The van der Waals surface area contributed by atoms with Crippen LogP contribution in [-0.2, 0) is 5.33 Å². The van der Waals surface area contributed by atoms with Crippen molar-refractivity contribution in [2.24, 2.45) is 0 Å². The first kappa shape index (κ1) is 8.51. The van der Waals surface area contributed by atoms with E-state index in [1.54, 1.807) is 6.07 Å². The van der Waals surface area contributed by atoms with Gasteiger partial charge >= 0.3 is 0 Å². The van der Waals surface area contributed by atoms with Gasteiger partial charge in [0.25, 0.3) is 0 Å². The SMILES string of the molecule is O=c1ccoc2cc(CBr)ccc12. The van der Waals surface area contributed by atoms with Gasteiger partial charge in [0.2, 0.25) is 0 Å². The van der Waals surface area contributed by atoms with E-state index < -0.39 is 0 Å². The van der Waals surface area contributed by atoms with Crippen LogP contribution in [0, 0.1) is 0 Å². The number of halogens is 1. The van der Waals surface area contributed by atoms with Crippen molar-refractivity contribution in [3.63, 3.8) is 0 Å². The maximum atomic E-state index is 11.3. The molecule has 0 bridgehead atoms. The first-order valence-corrected chi connectivity index (χ1v) is 5.00. The number of benzene rings is 1. The summed E-state index contributed by atoms with van der Waals surface area (Å²) in [6.45, 7) is 0. The summed E-state index contributed by atoms with van der Waals surface area (Å²) in [5, 5.41) is 1.40. The third-order valence-corrected chi connectivity index (χ3v) is 2.53. The second-order valence-corrected chi connectivity index (χ2v) is 3.31. The molecule has 0 unspecified atom stereocenters. The van der Waals surface area contributed by atoms with Gasteiger partial charge in [-0.1, -0.05) is 22.0 Å². The molecule has 0 radical (unpaired) electrons. The van der Waals surface area contributed by atoms with E-state index in [1.165, 1.54) is 12.3 Å². The number of hydrogen-bond donors (Lipinski definition) is 0. The summed E-state index contributed by atoms with van der Waals surface area (Å²) in [7, 11) is 0. The van der Waals surface area contributed by atoms with Gasteiger partial charge in [-0.05, 0) is 17.7 Å². The van der Waals surface area contributed by atoms with E-state index in [9.17, 15) is 4.79 Å². The lowest BCUT2D eigenvalue weighted by atomic mass is 10.2. The molecule has 0 aliphatic rings. The van der Waals surface area contributed by atoms with Crippen molar-refractivity contribution >= 4 is 26.9 Å². The molecule has 0 aliphatic carbocycles. The van der Waals surface area contributed by atoms with E-state index in [0.717, 1.165) is 10.9 Å². The van der Waals surface area contributed by atoms with Gasteiger partial charge in [0.05, 0.1) is 11.6 Å². The first-order valence-electron chi connectivity index (χ1n) is 3.87. The Hall–Kier alpha value is -1.09. The monoisotopic (exact) mass is 238 g/mol. The Morgan fingerprint density at radius 3 is 2.92 bits per heavy atom. The zero-order valence-electron chi connectivity index (χ0n) is 6.79. The topological polar surface area (TPSA) is 30.2 Å². The Bertz CT molecular complexity index is 487. The van der Waals surface area contributed by atoms with Crippen LogP contribution in [-0.4, -0.2) is 0 Å². The smallest absolute Gasteiger partial charge is 0.192 e. The van der Waals surface area contributed by atoms with Crippen molar-refractivity contribution in [1.82, 2.24) is 0 Å². The van der Waals surface area contributed by atoms with Crippen LogP contribution in [0.5, 0.6) is 0 Å². The minimum absolute atomic E-state index is 0.00220. The molecule has 66 valence electrons. The van der Waals surface area contributed by atoms with Crippen LogP contribution in [0.3, 0.4) is 0 Å². The van der Waals surface area contributed by atoms with E-state index in [4.69, 9.17) is 4.42 Å². The molecule has 0 atom stereocenters. The second-order valence-electron chi connectivity index (χ2n) is 2.75. The van der Waals surface area contributed by atoms with Crippen LogP contribution in [0.1, 0.15) is 5.56 Å². The van der Waals surface area contributed by atoms with Gasteiger partial charge in [-0.2, -0.15) is 0 Å². The molecule has 1 aromatic heterocycles. The molecule has 2 rings (SSSR count). The summed E-state index contributed by atoms with van der Waals surface area (Å²) in [6.07, 6.45) is 1.42. The zero-order valence-corrected chi connectivity index (χ0v) is 8.37. The van der Waals surface area contributed by atoms with Gasteiger partial charge in [0, 0.05) is 11.4 Å². The lowest BCUT2D eigenvalue weighted by Crippen LogP contribution is -1.97. The molecule has 0 amide bonds. The number of fused-ring (bicyclic) bond motifs is 1. The number of rotatable bonds is 1. The van der Waals surface area contributed by atoms with Gasteiger partial charge in [-0.15, -0.1) is 0 Å². The van der Waals surface area contributed by atoms with Crippen LogP contribution in [0.4, 0.5) is 0 Å². The van der Waals surface area contributed by atoms with Crippen molar-refractivity contribution in [3.8, 4) is 0 Å². The fourth-order valence-corrected chi connectivity index (χ4v) is 1.56. The molecule has 0 fully saturated rings. The van der Waals surface area contributed by atoms with Gasteiger partial charge < -0.3 is 4.42 Å². The van der Waals surface area contributed by atoms with Crippen LogP contribution < -0.4 is 5.43 Å². The maximum absolute atomic E-state index is 11.3. The first-order chi connectivity index (χ1) is 6.31. The van der Waals surface area contributed by atoms with E-state index in [0.29, 0.717) is 11.0 Å². The molecule has 3 heteroatoms. The Kier molecular flexibility index (Phi) is 2.19. The summed E-state index contributed by atoms with van der Waals surface area (Å²) < 4.78 is 5.21. The molecule has 0 saturated carbocycles. The lowest BCUT2D eigenvalue weighted by molar-refractivity contribution is 0.602. The van der Waals surface area contributed by atoms with Crippen molar-refractivity contribution in [3.05, 3.63) is 46.3 Å². The predicted molar refractivity (Wildman–Crippen MR) is 55.1 cm³/mol. The number of alkyl halides is 1. The normalized spacial score (nSPS) is 10.5. The molecule has 0 aliphatic heterocycles. The molecular formula is C10H7BrO2. The van der Waals surface area contributed by atoms with E-state index in [-0.39, 0.29) is 5.43 Å². The van der Waals surface area contributed by atoms with Crippen LogP contribution >= 0.6 is 15.9 Å². The summed E-state index contributed by atoms with van der Waals surface area (Å²) in [5.41, 5.74) is 1.74. The highest BCUT2D eigenvalue weighted by atomic mass is 79.9. The molecule has 13 heavy (non-hydrogen) atoms. The molecule has 1 aromatic carbocycles. The van der Waals surface area contributed by atoms with Crippen LogP contribution in [0.25, 0.3) is 11.0 Å². The zero-order chi connectivity index (χ0) is 9.26. The summed E-state index contributed by atoms with van der Waals surface area (Å²) in [5.74, 6) is 0. The van der Waals surface area contributed by atoms with E-state index in [2.05, 4.69) is 15.9 Å². The third kappa shape index (κ3) is 1.52. The number of hydrogen-bond acceptors (Lipinski definition) is 2. The average molecular weight is 239 g/mol. The standard InChI is InChI=1S/C10H7BrO2/c11-6-7-1-2-8-9(12)3-4-13-10(8)5-7/h1-5H,6H2. The quantitative estimate of drug-likeness (QED) is 0.716. The minimum Gasteiger partial charge on any atom is -0.464 e. The van der Waals surface area contributed by atoms with Crippen molar-refractivity contribution in [2.75, 3.05) is 0 Å². The molecule has 0 spiro atoms. The predicted octanol–water partition coefficient (Wildman–Crippen LogP) is 2.69. The Balaban J connectivity index is 2.80. The molecule has 2 aromatic rings. The van der Waals surface area contributed by atoms with Crippen LogP contribution in [0.2, 0.25) is 0 Å². The van der Waals surface area contributed by atoms with Gasteiger partial charge in [0.15, 0.2) is 5.43 Å². The molecule has 2 nitrogen and oxygen atoms in total. The Morgan fingerprint density at radius 2 is 2.15 bits per heavy atom. The minimum atomic E-state index is 0.00220. The average Bonchev–Trinajstić information content (AvgIpc) is 2.18. The molecule has 0 N–H and O–H groups in total. The fourth-order valence-electron chi connectivity index (χ4n) is 1.21. The fraction of sp³-hybridized carbons (Fsp3) is 0.100. The summed E-state index contributed by atoms with van der Waals surface area (Å²) in [4.78, 5) is 11.3. The highest BCUT2D eigenvalue weighted by molar-refractivity contribution is 9.08. The van der Waals surface area contributed by atoms with Crippen LogP contribution in [0.15, 0.2) is 39.7 Å². The second kappa shape index (κ2) is 3.34. The largest absolute Gasteiger partial charge is 0.464 e. The summed E-state index contributed by atoms with van der Waals surface area (Å²) >= 11 is 3.34. The summed E-state index contributed by atoms with van der Waals surface area (Å²) in [6, 6.07) is 6.99.